The maximum Gasteiger partial charge on any atom is 0.250 e. The monoisotopic (exact) mass is 502 g/mol. The summed E-state index contributed by atoms with van der Waals surface area (Å²) >= 11 is 9.64. The van der Waals surface area contributed by atoms with Gasteiger partial charge in [-0.15, -0.1) is 10.2 Å². The van der Waals surface area contributed by atoms with Crippen molar-refractivity contribution in [1.82, 2.24) is 19.7 Å². The SMILES string of the molecule is Clc1ccc(Cn2cc(-c3nnc(-c4c[nH]c5ccccc45)o3)c3cc(Br)ccc32)cc1. The Bertz CT molecular complexity index is 1580. The van der Waals surface area contributed by atoms with Gasteiger partial charge in [0.2, 0.25) is 11.8 Å². The van der Waals surface area contributed by atoms with Crippen LogP contribution in [-0.4, -0.2) is 19.7 Å². The molecule has 3 aromatic heterocycles. The molecule has 0 saturated carbocycles. The second-order valence-corrected chi connectivity index (χ2v) is 8.97. The summed E-state index contributed by atoms with van der Waals surface area (Å²) in [5, 5.41) is 11.6. The lowest BCUT2D eigenvalue weighted by molar-refractivity contribution is 0.585. The summed E-state index contributed by atoms with van der Waals surface area (Å²) in [6.07, 6.45) is 3.97. The lowest BCUT2D eigenvalue weighted by Gasteiger charge is -2.06. The van der Waals surface area contributed by atoms with Crippen molar-refractivity contribution in [1.29, 1.82) is 0 Å². The predicted molar refractivity (Wildman–Crippen MR) is 131 cm³/mol. The number of fused-ring (bicyclic) bond motifs is 2. The Hall–Kier alpha value is -3.35. The van der Waals surface area contributed by atoms with E-state index in [-0.39, 0.29) is 0 Å². The number of halogens is 2. The third-order valence-electron chi connectivity index (χ3n) is 5.58. The summed E-state index contributed by atoms with van der Waals surface area (Å²) in [5.41, 5.74) is 5.07. The largest absolute Gasteiger partial charge is 0.416 e. The molecule has 32 heavy (non-hydrogen) atoms. The molecule has 0 aliphatic carbocycles. The van der Waals surface area contributed by atoms with E-state index in [1.165, 1.54) is 0 Å². The smallest absolute Gasteiger partial charge is 0.250 e. The van der Waals surface area contributed by atoms with Gasteiger partial charge in [-0.25, -0.2) is 0 Å². The van der Waals surface area contributed by atoms with Gasteiger partial charge < -0.3 is 14.0 Å². The van der Waals surface area contributed by atoms with E-state index in [1.807, 2.05) is 60.8 Å². The highest BCUT2D eigenvalue weighted by atomic mass is 79.9. The van der Waals surface area contributed by atoms with Gasteiger partial charge in [0.25, 0.3) is 0 Å². The van der Waals surface area contributed by atoms with E-state index in [2.05, 4.69) is 54.0 Å². The third-order valence-corrected chi connectivity index (χ3v) is 6.33. The van der Waals surface area contributed by atoms with Gasteiger partial charge in [0.05, 0.1) is 11.1 Å². The number of aromatic nitrogens is 4. The van der Waals surface area contributed by atoms with Crippen LogP contribution in [0.2, 0.25) is 5.02 Å². The van der Waals surface area contributed by atoms with Crippen molar-refractivity contribution in [3.63, 3.8) is 0 Å². The van der Waals surface area contributed by atoms with Crippen LogP contribution in [-0.2, 0) is 6.54 Å². The molecule has 0 bridgehead atoms. The molecule has 156 valence electrons. The number of aromatic amines is 1. The summed E-state index contributed by atoms with van der Waals surface area (Å²) in [5.74, 6) is 0.981. The Morgan fingerprint density at radius 3 is 2.53 bits per heavy atom. The molecule has 0 aliphatic rings. The molecule has 0 unspecified atom stereocenters. The fraction of sp³-hybridized carbons (Fsp3) is 0.0400. The van der Waals surface area contributed by atoms with Crippen molar-refractivity contribution in [2.75, 3.05) is 0 Å². The first-order valence-electron chi connectivity index (χ1n) is 10.1. The first-order chi connectivity index (χ1) is 15.7. The Morgan fingerprint density at radius 1 is 0.906 bits per heavy atom. The number of hydrogen-bond acceptors (Lipinski definition) is 3. The molecule has 3 aromatic carbocycles. The van der Waals surface area contributed by atoms with Gasteiger partial charge in [0.1, 0.15) is 0 Å². The lowest BCUT2D eigenvalue weighted by Crippen LogP contribution is -1.97. The van der Waals surface area contributed by atoms with Crippen LogP contribution < -0.4 is 0 Å². The highest BCUT2D eigenvalue weighted by Crippen LogP contribution is 2.35. The molecule has 0 spiro atoms. The maximum atomic E-state index is 6.16. The number of hydrogen-bond donors (Lipinski definition) is 1. The second-order valence-electron chi connectivity index (χ2n) is 7.62. The van der Waals surface area contributed by atoms with E-state index < -0.39 is 0 Å². The van der Waals surface area contributed by atoms with Crippen molar-refractivity contribution in [3.8, 4) is 22.9 Å². The topological polar surface area (TPSA) is 59.6 Å². The van der Waals surface area contributed by atoms with Crippen LogP contribution in [0.5, 0.6) is 0 Å². The zero-order chi connectivity index (χ0) is 21.7. The fourth-order valence-corrected chi connectivity index (χ4v) is 4.53. The molecule has 0 saturated heterocycles. The number of nitrogens with zero attached hydrogens (tertiary/aromatic N) is 3. The molecule has 0 amide bonds. The van der Waals surface area contributed by atoms with Crippen molar-refractivity contribution < 1.29 is 4.42 Å². The van der Waals surface area contributed by atoms with Crippen molar-refractivity contribution in [2.45, 2.75) is 6.54 Å². The van der Waals surface area contributed by atoms with Crippen LogP contribution in [0.15, 0.2) is 88.0 Å². The molecule has 0 aliphatic heterocycles. The molecule has 6 rings (SSSR count). The van der Waals surface area contributed by atoms with E-state index in [1.54, 1.807) is 0 Å². The number of nitrogens with one attached hydrogen (secondary N) is 1. The fourth-order valence-electron chi connectivity index (χ4n) is 4.05. The lowest BCUT2D eigenvalue weighted by atomic mass is 10.2. The number of benzene rings is 3. The average Bonchev–Trinajstić information content (AvgIpc) is 3.52. The number of para-hydroxylation sites is 1. The van der Waals surface area contributed by atoms with Gasteiger partial charge in [0, 0.05) is 50.2 Å². The Balaban J connectivity index is 1.45. The molecule has 3 heterocycles. The predicted octanol–water partition coefficient (Wildman–Crippen LogP) is 7.30. The van der Waals surface area contributed by atoms with Crippen LogP contribution in [0.25, 0.3) is 44.7 Å². The Kier molecular flexibility index (Phi) is 4.63. The molecule has 1 N–H and O–H groups in total. The van der Waals surface area contributed by atoms with E-state index in [4.69, 9.17) is 16.0 Å². The molecule has 7 heteroatoms. The Morgan fingerprint density at radius 2 is 1.69 bits per heavy atom. The van der Waals surface area contributed by atoms with Gasteiger partial charge >= 0.3 is 0 Å². The molecular weight excluding hydrogens is 488 g/mol. The summed E-state index contributed by atoms with van der Waals surface area (Å²) in [4.78, 5) is 3.26. The van der Waals surface area contributed by atoms with Crippen molar-refractivity contribution >= 4 is 49.3 Å². The third kappa shape index (κ3) is 3.32. The van der Waals surface area contributed by atoms with Crippen LogP contribution >= 0.6 is 27.5 Å². The number of rotatable bonds is 4. The van der Waals surface area contributed by atoms with Gasteiger partial charge in [-0.3, -0.25) is 0 Å². The van der Waals surface area contributed by atoms with Gasteiger partial charge in [0.15, 0.2) is 0 Å². The van der Waals surface area contributed by atoms with Crippen molar-refractivity contribution in [2.24, 2.45) is 0 Å². The molecular formula is C25H16BrClN4O. The number of H-pyrrole nitrogens is 1. The van der Waals surface area contributed by atoms with E-state index in [0.717, 1.165) is 48.0 Å². The first kappa shape index (κ1) is 19.3. The molecule has 0 atom stereocenters. The van der Waals surface area contributed by atoms with Gasteiger partial charge in [-0.05, 0) is 42.0 Å². The summed E-state index contributed by atoms with van der Waals surface area (Å²) in [6.45, 7) is 0.707. The average molecular weight is 504 g/mol. The highest BCUT2D eigenvalue weighted by molar-refractivity contribution is 9.10. The first-order valence-corrected chi connectivity index (χ1v) is 11.3. The normalized spacial score (nSPS) is 11.6. The van der Waals surface area contributed by atoms with Gasteiger partial charge in [-0.1, -0.05) is 57.9 Å². The van der Waals surface area contributed by atoms with Crippen LogP contribution in [0, 0.1) is 0 Å². The maximum absolute atomic E-state index is 6.16. The van der Waals surface area contributed by atoms with Crippen LogP contribution in [0.4, 0.5) is 0 Å². The standard InChI is InChI=1S/C25H16BrClN4O/c26-16-7-10-23-19(11-16)21(14-31(23)13-15-5-8-17(27)9-6-15)25-30-29-24(32-25)20-12-28-22-4-2-1-3-18(20)22/h1-12,14,28H,13H2. The quantitative estimate of drug-likeness (QED) is 0.274. The van der Waals surface area contributed by atoms with E-state index >= 15 is 0 Å². The van der Waals surface area contributed by atoms with E-state index in [0.29, 0.717) is 18.3 Å². The van der Waals surface area contributed by atoms with Gasteiger partial charge in [-0.2, -0.15) is 0 Å². The second kappa shape index (κ2) is 7.65. The van der Waals surface area contributed by atoms with E-state index in [9.17, 15) is 0 Å². The molecule has 6 aromatic rings. The molecule has 0 radical (unpaired) electrons. The van der Waals surface area contributed by atoms with Crippen LogP contribution in [0.3, 0.4) is 0 Å². The molecule has 0 fully saturated rings. The zero-order valence-electron chi connectivity index (χ0n) is 16.7. The molecule has 5 nitrogen and oxygen atoms in total. The van der Waals surface area contributed by atoms with Crippen LogP contribution in [0.1, 0.15) is 5.56 Å². The zero-order valence-corrected chi connectivity index (χ0v) is 19.1. The minimum atomic E-state index is 0.489. The Labute approximate surface area is 196 Å². The highest BCUT2D eigenvalue weighted by Gasteiger charge is 2.19. The summed E-state index contributed by atoms with van der Waals surface area (Å²) in [6, 6.07) is 22.2. The minimum absolute atomic E-state index is 0.489. The summed E-state index contributed by atoms with van der Waals surface area (Å²) in [7, 11) is 0. The summed E-state index contributed by atoms with van der Waals surface area (Å²) < 4.78 is 9.34. The minimum Gasteiger partial charge on any atom is -0.416 e. The van der Waals surface area contributed by atoms with Crippen molar-refractivity contribution in [3.05, 3.63) is 94.2 Å².